The highest BCUT2D eigenvalue weighted by Crippen LogP contribution is 2.30. The molecular formula is C16H14ClN5O5S. The van der Waals surface area contributed by atoms with Crippen molar-refractivity contribution < 1.29 is 22.7 Å². The zero-order valence-corrected chi connectivity index (χ0v) is 16.2. The summed E-state index contributed by atoms with van der Waals surface area (Å²) in [4.78, 5) is 23.4. The van der Waals surface area contributed by atoms with Crippen molar-refractivity contribution in [3.63, 3.8) is 0 Å². The molecule has 3 aromatic rings. The summed E-state index contributed by atoms with van der Waals surface area (Å²) < 4.78 is 37.1. The monoisotopic (exact) mass is 423 g/mol. The van der Waals surface area contributed by atoms with Gasteiger partial charge < -0.3 is 9.47 Å². The maximum Gasteiger partial charge on any atom is 0.335 e. The quantitative estimate of drug-likeness (QED) is 0.638. The number of fused-ring (bicyclic) bond motifs is 1. The first-order chi connectivity index (χ1) is 13.3. The molecule has 0 saturated heterocycles. The van der Waals surface area contributed by atoms with E-state index in [0.717, 1.165) is 0 Å². The molecule has 0 unspecified atom stereocenters. The Morgan fingerprint density at radius 3 is 2.29 bits per heavy atom. The number of amides is 2. The second kappa shape index (κ2) is 7.82. The lowest BCUT2D eigenvalue weighted by atomic mass is 10.1. The van der Waals surface area contributed by atoms with Crippen LogP contribution in [0, 0.1) is 0 Å². The molecule has 146 valence electrons. The number of carbonyl (C=O) groups excluding carboxylic acids is 1. The molecule has 0 aliphatic carbocycles. The first-order valence-electron chi connectivity index (χ1n) is 7.69. The number of methoxy groups -OCH3 is 2. The van der Waals surface area contributed by atoms with Crippen molar-refractivity contribution in [2.75, 3.05) is 19.5 Å². The van der Waals surface area contributed by atoms with E-state index in [1.54, 1.807) is 30.3 Å². The van der Waals surface area contributed by atoms with Gasteiger partial charge in [-0.1, -0.05) is 41.9 Å². The van der Waals surface area contributed by atoms with Crippen molar-refractivity contribution in [2.24, 2.45) is 0 Å². The number of aromatic nitrogens is 3. The van der Waals surface area contributed by atoms with Gasteiger partial charge in [0.1, 0.15) is 4.90 Å². The standard InChI is InChI=1S/C16H14ClN5O5S/c1-26-15-19-13(20-16(21-15)27-2)18-14(23)22-28(24,25)12-10-6-4-3-5-9(10)7-8-11(12)17/h3-8H,1-2H3,(H2,18,19,20,21,22,23). The van der Waals surface area contributed by atoms with Gasteiger partial charge in [-0.15, -0.1) is 4.98 Å². The molecule has 0 radical (unpaired) electrons. The van der Waals surface area contributed by atoms with Gasteiger partial charge in [-0.25, -0.2) is 17.9 Å². The Labute approximate surface area is 164 Å². The number of hydrogen-bond donors (Lipinski definition) is 2. The predicted molar refractivity (Wildman–Crippen MR) is 101 cm³/mol. The first-order valence-corrected chi connectivity index (χ1v) is 9.55. The Bertz CT molecular complexity index is 1130. The van der Waals surface area contributed by atoms with Crippen LogP contribution in [0.1, 0.15) is 0 Å². The van der Waals surface area contributed by atoms with E-state index in [0.29, 0.717) is 10.8 Å². The zero-order chi connectivity index (χ0) is 20.3. The minimum Gasteiger partial charge on any atom is -0.467 e. The van der Waals surface area contributed by atoms with Gasteiger partial charge in [-0.05, 0) is 11.5 Å². The fraction of sp³-hybridized carbons (Fsp3) is 0.125. The summed E-state index contributed by atoms with van der Waals surface area (Å²) in [6, 6.07) is 8.53. The summed E-state index contributed by atoms with van der Waals surface area (Å²) in [6.45, 7) is 0. The van der Waals surface area contributed by atoms with Gasteiger partial charge in [-0.2, -0.15) is 9.97 Å². The average Bonchev–Trinajstić information content (AvgIpc) is 2.66. The molecule has 0 fully saturated rings. The zero-order valence-electron chi connectivity index (χ0n) is 14.6. The largest absolute Gasteiger partial charge is 0.467 e. The lowest BCUT2D eigenvalue weighted by Crippen LogP contribution is -2.35. The Hall–Kier alpha value is -3.18. The number of urea groups is 1. The molecule has 12 heteroatoms. The van der Waals surface area contributed by atoms with Crippen LogP contribution >= 0.6 is 11.6 Å². The van der Waals surface area contributed by atoms with E-state index in [1.165, 1.54) is 20.3 Å². The van der Waals surface area contributed by atoms with E-state index in [4.69, 9.17) is 21.1 Å². The molecule has 1 aromatic heterocycles. The summed E-state index contributed by atoms with van der Waals surface area (Å²) in [7, 11) is -1.67. The highest BCUT2D eigenvalue weighted by Gasteiger charge is 2.24. The van der Waals surface area contributed by atoms with Gasteiger partial charge >= 0.3 is 18.1 Å². The van der Waals surface area contributed by atoms with Gasteiger partial charge in [-0.3, -0.25) is 5.32 Å². The number of ether oxygens (including phenoxy) is 2. The Morgan fingerprint density at radius 2 is 1.64 bits per heavy atom. The molecular weight excluding hydrogens is 410 g/mol. The number of hydrogen-bond acceptors (Lipinski definition) is 8. The van der Waals surface area contributed by atoms with Gasteiger partial charge in [0, 0.05) is 5.39 Å². The molecule has 2 aromatic carbocycles. The summed E-state index contributed by atoms with van der Waals surface area (Å²) in [5.41, 5.74) is 0. The van der Waals surface area contributed by atoms with Crippen LogP contribution in [0.2, 0.25) is 5.02 Å². The topological polar surface area (TPSA) is 132 Å². The van der Waals surface area contributed by atoms with Crippen LogP contribution in [0.3, 0.4) is 0 Å². The van der Waals surface area contributed by atoms with Crippen molar-refractivity contribution >= 4 is 44.4 Å². The molecule has 0 bridgehead atoms. The highest BCUT2D eigenvalue weighted by atomic mass is 35.5. The maximum absolute atomic E-state index is 12.8. The fourth-order valence-corrected chi connectivity index (χ4v) is 4.03. The van der Waals surface area contributed by atoms with E-state index in [2.05, 4.69) is 20.3 Å². The van der Waals surface area contributed by atoms with E-state index >= 15 is 0 Å². The average molecular weight is 424 g/mol. The number of nitrogens with zero attached hydrogens (tertiary/aromatic N) is 3. The summed E-state index contributed by atoms with van der Waals surface area (Å²) in [5, 5.41) is 3.19. The number of rotatable bonds is 5. The third kappa shape index (κ3) is 4.05. The van der Waals surface area contributed by atoms with E-state index in [9.17, 15) is 13.2 Å². The van der Waals surface area contributed by atoms with Gasteiger partial charge in [0.05, 0.1) is 19.2 Å². The van der Waals surface area contributed by atoms with Crippen LogP contribution < -0.4 is 19.5 Å². The summed E-state index contributed by atoms with van der Waals surface area (Å²) >= 11 is 6.09. The predicted octanol–water partition coefficient (Wildman–Crippen LogP) is 2.21. The lowest BCUT2D eigenvalue weighted by Gasteiger charge is -2.12. The van der Waals surface area contributed by atoms with E-state index in [1.807, 2.05) is 4.72 Å². The van der Waals surface area contributed by atoms with Crippen LogP contribution in [0.5, 0.6) is 12.0 Å². The maximum atomic E-state index is 12.8. The molecule has 0 aliphatic rings. The number of nitrogens with one attached hydrogen (secondary N) is 2. The molecule has 28 heavy (non-hydrogen) atoms. The van der Waals surface area contributed by atoms with E-state index < -0.39 is 16.1 Å². The van der Waals surface area contributed by atoms with Crippen LogP contribution in [0.4, 0.5) is 10.7 Å². The molecule has 3 rings (SSSR count). The fourth-order valence-electron chi connectivity index (χ4n) is 2.37. The summed E-state index contributed by atoms with van der Waals surface area (Å²) in [6.07, 6.45) is 0. The second-order valence-electron chi connectivity index (χ2n) is 5.29. The number of sulfonamides is 1. The molecule has 1 heterocycles. The Morgan fingerprint density at radius 1 is 1.00 bits per heavy atom. The molecule has 10 nitrogen and oxygen atoms in total. The van der Waals surface area contributed by atoms with Crippen molar-refractivity contribution in [3.8, 4) is 12.0 Å². The highest BCUT2D eigenvalue weighted by molar-refractivity contribution is 7.90. The normalized spacial score (nSPS) is 11.1. The van der Waals surface area contributed by atoms with Crippen molar-refractivity contribution in [2.45, 2.75) is 4.90 Å². The SMILES string of the molecule is COc1nc(NC(=O)NS(=O)(=O)c2c(Cl)ccc3ccccc23)nc(OC)n1. The first kappa shape index (κ1) is 19.6. The second-order valence-corrected chi connectivity index (χ2v) is 7.32. The number of anilines is 1. The molecule has 0 atom stereocenters. The van der Waals surface area contributed by atoms with Crippen LogP contribution in [0.15, 0.2) is 41.3 Å². The van der Waals surface area contributed by atoms with Crippen LogP contribution in [-0.4, -0.2) is 43.6 Å². The van der Waals surface area contributed by atoms with E-state index in [-0.39, 0.29) is 27.9 Å². The van der Waals surface area contributed by atoms with Crippen molar-refractivity contribution in [3.05, 3.63) is 41.4 Å². The molecule has 0 aliphatic heterocycles. The minimum atomic E-state index is -4.30. The molecule has 0 spiro atoms. The third-order valence-electron chi connectivity index (χ3n) is 3.51. The van der Waals surface area contributed by atoms with Gasteiger partial charge in [0.25, 0.3) is 10.0 Å². The third-order valence-corrected chi connectivity index (χ3v) is 5.37. The summed E-state index contributed by atoms with van der Waals surface area (Å²) in [5.74, 6) is -0.264. The van der Waals surface area contributed by atoms with Crippen molar-refractivity contribution in [1.82, 2.24) is 19.7 Å². The van der Waals surface area contributed by atoms with Gasteiger partial charge in [0.15, 0.2) is 0 Å². The number of halogens is 1. The van der Waals surface area contributed by atoms with Crippen LogP contribution in [0.25, 0.3) is 10.8 Å². The van der Waals surface area contributed by atoms with Crippen LogP contribution in [-0.2, 0) is 10.0 Å². The molecule has 2 amide bonds. The molecule has 2 N–H and O–H groups in total. The number of benzene rings is 2. The van der Waals surface area contributed by atoms with Crippen molar-refractivity contribution in [1.29, 1.82) is 0 Å². The number of carbonyl (C=O) groups is 1. The smallest absolute Gasteiger partial charge is 0.335 e. The lowest BCUT2D eigenvalue weighted by molar-refractivity contribution is 0.256. The Balaban J connectivity index is 1.90. The molecule has 0 saturated carbocycles. The van der Waals surface area contributed by atoms with Gasteiger partial charge in [0.2, 0.25) is 5.95 Å². The minimum absolute atomic E-state index is 0.0255. The Kier molecular flexibility index (Phi) is 5.47.